The molecule has 0 spiro atoms. The number of rotatable bonds is 4. The van der Waals surface area contributed by atoms with E-state index in [0.29, 0.717) is 32.1 Å². The topological polar surface area (TPSA) is 66.4 Å². The number of hydrogen-bond donors (Lipinski definition) is 0. The molecule has 2 heterocycles. The molecule has 10 heteroatoms. The minimum absolute atomic E-state index is 0.0575. The molecule has 25 heavy (non-hydrogen) atoms. The zero-order valence-corrected chi connectivity index (χ0v) is 16.4. The van der Waals surface area contributed by atoms with Crippen molar-refractivity contribution < 1.29 is 8.42 Å². The summed E-state index contributed by atoms with van der Waals surface area (Å²) in [5, 5.41) is 10.8. The van der Waals surface area contributed by atoms with Gasteiger partial charge in [-0.3, -0.25) is 0 Å². The van der Waals surface area contributed by atoms with Gasteiger partial charge in [-0.05, 0) is 25.0 Å². The van der Waals surface area contributed by atoms with E-state index in [0.717, 1.165) is 10.1 Å². The van der Waals surface area contributed by atoms with E-state index >= 15 is 0 Å². The smallest absolute Gasteiger partial charge is 0.244 e. The van der Waals surface area contributed by atoms with E-state index in [-0.39, 0.29) is 14.9 Å². The molecule has 1 saturated heterocycles. The van der Waals surface area contributed by atoms with Crippen LogP contribution in [0.3, 0.4) is 0 Å². The number of sulfonamides is 1. The van der Waals surface area contributed by atoms with Crippen molar-refractivity contribution in [2.24, 2.45) is 0 Å². The Morgan fingerprint density at radius 1 is 1.08 bits per heavy atom. The van der Waals surface area contributed by atoms with Crippen LogP contribution in [0.1, 0.15) is 23.8 Å². The Morgan fingerprint density at radius 2 is 1.80 bits per heavy atom. The van der Waals surface area contributed by atoms with Crippen molar-refractivity contribution in [3.63, 3.8) is 0 Å². The van der Waals surface area contributed by atoms with E-state index in [1.807, 2.05) is 0 Å². The fourth-order valence-corrected chi connectivity index (χ4v) is 6.01. The van der Waals surface area contributed by atoms with Crippen molar-refractivity contribution in [2.45, 2.75) is 23.7 Å². The highest BCUT2D eigenvalue weighted by atomic mass is 35.5. The third-order valence-electron chi connectivity index (χ3n) is 4.40. The number of halogens is 2. The summed E-state index contributed by atoms with van der Waals surface area (Å²) in [6, 6.07) is 4.66. The Balaban J connectivity index is 1.48. The second-order valence-corrected chi connectivity index (χ2v) is 9.82. The molecule has 0 bridgehead atoms. The number of nitrogens with zero attached hydrogens (tertiary/aromatic N) is 4. The highest BCUT2D eigenvalue weighted by molar-refractivity contribution is 7.89. The Labute approximate surface area is 160 Å². The summed E-state index contributed by atoms with van der Waals surface area (Å²) < 4.78 is 27.1. The van der Waals surface area contributed by atoms with Gasteiger partial charge >= 0.3 is 0 Å². The fourth-order valence-electron chi connectivity index (χ4n) is 2.79. The van der Waals surface area contributed by atoms with Crippen LogP contribution >= 0.6 is 34.5 Å². The van der Waals surface area contributed by atoms with Crippen molar-refractivity contribution >= 4 is 49.7 Å². The van der Waals surface area contributed by atoms with Crippen LogP contribution in [-0.4, -0.2) is 49.1 Å². The molecule has 0 unspecified atom stereocenters. The summed E-state index contributed by atoms with van der Waals surface area (Å²) >= 11 is 13.7. The maximum atomic E-state index is 12.8. The second-order valence-electron chi connectivity index (χ2n) is 6.14. The first kappa shape index (κ1) is 17.5. The largest absolute Gasteiger partial charge is 0.344 e. The molecule has 1 aromatic carbocycles. The molecule has 2 aliphatic rings. The highest BCUT2D eigenvalue weighted by Gasteiger charge is 2.33. The molecule has 0 atom stereocenters. The number of benzene rings is 1. The summed E-state index contributed by atoms with van der Waals surface area (Å²) in [5.41, 5.74) is 0. The van der Waals surface area contributed by atoms with E-state index in [4.69, 9.17) is 23.2 Å². The zero-order valence-electron chi connectivity index (χ0n) is 13.2. The first-order valence-electron chi connectivity index (χ1n) is 7.99. The van der Waals surface area contributed by atoms with Crippen molar-refractivity contribution in [2.75, 3.05) is 31.1 Å². The van der Waals surface area contributed by atoms with Gasteiger partial charge < -0.3 is 4.90 Å². The lowest BCUT2D eigenvalue weighted by Crippen LogP contribution is -2.48. The molecule has 0 N–H and O–H groups in total. The Hall–Kier alpha value is -0.930. The molecule has 1 aliphatic heterocycles. The Morgan fingerprint density at radius 3 is 2.48 bits per heavy atom. The van der Waals surface area contributed by atoms with E-state index < -0.39 is 10.0 Å². The standard InChI is InChI=1S/C15H16Cl2N4O2S2/c16-11-2-1-3-12(13(11)17)25(22,23)21-8-6-20(7-9-21)15-19-18-14(24-15)10-4-5-10/h1-3,10H,4-9H2. The van der Waals surface area contributed by atoms with Gasteiger partial charge in [-0.25, -0.2) is 8.42 Å². The van der Waals surface area contributed by atoms with Crippen molar-refractivity contribution in [1.29, 1.82) is 0 Å². The van der Waals surface area contributed by atoms with Gasteiger partial charge in [0.15, 0.2) is 0 Å². The number of piperazine rings is 1. The molecule has 6 nitrogen and oxygen atoms in total. The van der Waals surface area contributed by atoms with E-state index in [2.05, 4.69) is 15.1 Å². The summed E-state index contributed by atoms with van der Waals surface area (Å²) in [5.74, 6) is 0.581. The number of hydrogen-bond acceptors (Lipinski definition) is 6. The summed E-state index contributed by atoms with van der Waals surface area (Å²) in [4.78, 5) is 2.15. The third kappa shape index (κ3) is 3.38. The van der Waals surface area contributed by atoms with Crippen LogP contribution in [0.4, 0.5) is 5.13 Å². The van der Waals surface area contributed by atoms with Crippen molar-refractivity contribution in [3.8, 4) is 0 Å². The predicted molar refractivity (Wildman–Crippen MR) is 99.3 cm³/mol. The molecule has 2 aromatic rings. The van der Waals surface area contributed by atoms with Gasteiger partial charge in [0, 0.05) is 32.1 Å². The average molecular weight is 419 g/mol. The van der Waals surface area contributed by atoms with Gasteiger partial charge in [-0.15, -0.1) is 10.2 Å². The molecule has 4 rings (SSSR count). The van der Waals surface area contributed by atoms with Crippen LogP contribution in [0.5, 0.6) is 0 Å². The lowest BCUT2D eigenvalue weighted by atomic mass is 10.4. The quantitative estimate of drug-likeness (QED) is 0.761. The van der Waals surface area contributed by atoms with Gasteiger partial charge in [0.2, 0.25) is 15.2 Å². The van der Waals surface area contributed by atoms with Crippen LogP contribution in [0, 0.1) is 0 Å². The lowest BCUT2D eigenvalue weighted by Gasteiger charge is -2.33. The summed E-state index contributed by atoms with van der Waals surface area (Å²) in [7, 11) is -3.66. The van der Waals surface area contributed by atoms with Crippen LogP contribution in [0.25, 0.3) is 0 Å². The first-order valence-corrected chi connectivity index (χ1v) is 11.0. The molecular formula is C15H16Cl2N4O2S2. The third-order valence-corrected chi connectivity index (χ3v) is 8.42. The molecule has 2 fully saturated rings. The second kappa shape index (κ2) is 6.66. The summed E-state index contributed by atoms with van der Waals surface area (Å²) in [6.07, 6.45) is 2.39. The Bertz CT molecular complexity index is 891. The molecule has 0 amide bonds. The molecule has 1 saturated carbocycles. The monoisotopic (exact) mass is 418 g/mol. The minimum Gasteiger partial charge on any atom is -0.344 e. The molecule has 1 aliphatic carbocycles. The minimum atomic E-state index is -3.66. The van der Waals surface area contributed by atoms with Gasteiger partial charge in [0.05, 0.1) is 10.0 Å². The van der Waals surface area contributed by atoms with Crippen LogP contribution in [0.15, 0.2) is 23.1 Å². The maximum absolute atomic E-state index is 12.8. The van der Waals surface area contributed by atoms with Gasteiger partial charge in [0.25, 0.3) is 0 Å². The van der Waals surface area contributed by atoms with Gasteiger partial charge in [0.1, 0.15) is 9.90 Å². The summed E-state index contributed by atoms with van der Waals surface area (Å²) in [6.45, 7) is 1.92. The average Bonchev–Trinajstić information content (AvgIpc) is 3.34. The molecule has 0 radical (unpaired) electrons. The van der Waals surface area contributed by atoms with Crippen LogP contribution < -0.4 is 4.90 Å². The maximum Gasteiger partial charge on any atom is 0.244 e. The lowest BCUT2D eigenvalue weighted by molar-refractivity contribution is 0.384. The predicted octanol–water partition coefficient (Wildman–Crippen LogP) is 3.23. The van der Waals surface area contributed by atoms with Crippen molar-refractivity contribution in [1.82, 2.24) is 14.5 Å². The van der Waals surface area contributed by atoms with Gasteiger partial charge in [-0.2, -0.15) is 4.31 Å². The fraction of sp³-hybridized carbons (Fsp3) is 0.467. The molecular weight excluding hydrogens is 403 g/mol. The van der Waals surface area contributed by atoms with Crippen LogP contribution in [-0.2, 0) is 10.0 Å². The number of anilines is 1. The van der Waals surface area contributed by atoms with E-state index in [9.17, 15) is 8.42 Å². The van der Waals surface area contributed by atoms with E-state index in [1.165, 1.54) is 23.2 Å². The molecule has 134 valence electrons. The normalized spacial score (nSPS) is 19.4. The van der Waals surface area contributed by atoms with Crippen molar-refractivity contribution in [3.05, 3.63) is 33.3 Å². The molecule has 1 aromatic heterocycles. The zero-order chi connectivity index (χ0) is 17.6. The Kier molecular flexibility index (Phi) is 4.66. The number of aromatic nitrogens is 2. The highest BCUT2D eigenvalue weighted by Crippen LogP contribution is 2.42. The van der Waals surface area contributed by atoms with E-state index in [1.54, 1.807) is 23.5 Å². The van der Waals surface area contributed by atoms with Crippen LogP contribution in [0.2, 0.25) is 10.0 Å². The SMILES string of the molecule is O=S(=O)(c1cccc(Cl)c1Cl)N1CCN(c2nnc(C3CC3)s2)CC1. The first-order chi connectivity index (χ1) is 12.0. The van der Waals surface area contributed by atoms with Gasteiger partial charge in [-0.1, -0.05) is 40.6 Å².